The molecule has 1 aromatic rings. The van der Waals surface area contributed by atoms with Gasteiger partial charge < -0.3 is 15.4 Å². The van der Waals surface area contributed by atoms with Crippen LogP contribution in [0.1, 0.15) is 31.2 Å². The van der Waals surface area contributed by atoms with Crippen molar-refractivity contribution in [3.63, 3.8) is 0 Å². The van der Waals surface area contributed by atoms with E-state index in [9.17, 15) is 0 Å². The van der Waals surface area contributed by atoms with E-state index in [4.69, 9.17) is 9.73 Å². The predicted molar refractivity (Wildman–Crippen MR) is 119 cm³/mol. The van der Waals surface area contributed by atoms with Gasteiger partial charge in [0.05, 0.1) is 13.2 Å². The van der Waals surface area contributed by atoms with Crippen LogP contribution in [0.25, 0.3) is 0 Å². The minimum atomic E-state index is 0. The molecule has 1 aliphatic heterocycles. The molecule has 0 spiro atoms. The van der Waals surface area contributed by atoms with Crippen LogP contribution >= 0.6 is 24.0 Å². The van der Waals surface area contributed by atoms with Gasteiger partial charge in [0.25, 0.3) is 0 Å². The SMILES string of the molecule is CCNC(=NCC1CC1c1ccccc1)NCCCN1CCOCC1.I. The number of rotatable bonds is 8. The van der Waals surface area contributed by atoms with Gasteiger partial charge in [0.1, 0.15) is 0 Å². The number of morpholine rings is 1. The van der Waals surface area contributed by atoms with Gasteiger partial charge in [0.15, 0.2) is 5.96 Å². The molecular weight excluding hydrogens is 439 g/mol. The number of halogens is 1. The lowest BCUT2D eigenvalue weighted by atomic mass is 10.1. The molecule has 5 nitrogen and oxygen atoms in total. The Labute approximate surface area is 175 Å². The molecule has 2 fully saturated rings. The summed E-state index contributed by atoms with van der Waals surface area (Å²) in [6.07, 6.45) is 2.41. The molecule has 1 saturated carbocycles. The largest absolute Gasteiger partial charge is 0.379 e. The maximum atomic E-state index is 5.39. The summed E-state index contributed by atoms with van der Waals surface area (Å²) in [5, 5.41) is 6.84. The molecule has 2 atom stereocenters. The number of hydrogen-bond acceptors (Lipinski definition) is 3. The Balaban J connectivity index is 0.00000243. The first-order chi connectivity index (χ1) is 12.4. The minimum Gasteiger partial charge on any atom is -0.379 e. The van der Waals surface area contributed by atoms with E-state index in [1.165, 1.54) is 12.0 Å². The van der Waals surface area contributed by atoms with Gasteiger partial charge >= 0.3 is 0 Å². The zero-order chi connectivity index (χ0) is 17.3. The molecule has 146 valence electrons. The van der Waals surface area contributed by atoms with Crippen molar-refractivity contribution in [2.75, 3.05) is 52.5 Å². The Morgan fingerprint density at radius 3 is 2.69 bits per heavy atom. The smallest absolute Gasteiger partial charge is 0.191 e. The molecule has 0 radical (unpaired) electrons. The van der Waals surface area contributed by atoms with Crippen molar-refractivity contribution in [3.05, 3.63) is 35.9 Å². The topological polar surface area (TPSA) is 48.9 Å². The van der Waals surface area contributed by atoms with Gasteiger partial charge in [-0.3, -0.25) is 9.89 Å². The molecule has 2 N–H and O–H groups in total. The van der Waals surface area contributed by atoms with E-state index in [1.807, 2.05) is 0 Å². The Hall–Kier alpha value is -0.860. The Bertz CT molecular complexity index is 534. The predicted octanol–water partition coefficient (Wildman–Crippen LogP) is 2.69. The van der Waals surface area contributed by atoms with Gasteiger partial charge in [-0.15, -0.1) is 24.0 Å². The third kappa shape index (κ3) is 7.04. The molecule has 6 heteroatoms. The van der Waals surface area contributed by atoms with Gasteiger partial charge in [-0.1, -0.05) is 30.3 Å². The Morgan fingerprint density at radius 2 is 1.96 bits per heavy atom. The minimum absolute atomic E-state index is 0. The molecule has 1 heterocycles. The fourth-order valence-electron chi connectivity index (χ4n) is 3.44. The number of nitrogens with one attached hydrogen (secondary N) is 2. The fraction of sp³-hybridized carbons (Fsp3) is 0.650. The van der Waals surface area contributed by atoms with Crippen molar-refractivity contribution < 1.29 is 4.74 Å². The van der Waals surface area contributed by atoms with Gasteiger partial charge in [0.2, 0.25) is 0 Å². The fourth-order valence-corrected chi connectivity index (χ4v) is 3.44. The first-order valence-electron chi connectivity index (χ1n) is 9.74. The highest BCUT2D eigenvalue weighted by Gasteiger charge is 2.37. The number of ether oxygens (including phenoxy) is 1. The molecule has 1 saturated heterocycles. The molecule has 1 aliphatic carbocycles. The lowest BCUT2D eigenvalue weighted by Gasteiger charge is -2.26. The van der Waals surface area contributed by atoms with Crippen LogP contribution in [0.5, 0.6) is 0 Å². The summed E-state index contributed by atoms with van der Waals surface area (Å²) < 4.78 is 5.39. The van der Waals surface area contributed by atoms with E-state index in [-0.39, 0.29) is 24.0 Å². The van der Waals surface area contributed by atoms with E-state index in [0.717, 1.165) is 64.9 Å². The van der Waals surface area contributed by atoms with Crippen LogP contribution in [0.4, 0.5) is 0 Å². The van der Waals surface area contributed by atoms with Crippen LogP contribution < -0.4 is 10.6 Å². The summed E-state index contributed by atoms with van der Waals surface area (Å²) in [4.78, 5) is 7.27. The number of aliphatic imine (C=N–C) groups is 1. The maximum absolute atomic E-state index is 5.39. The highest BCUT2D eigenvalue weighted by Crippen LogP contribution is 2.47. The van der Waals surface area contributed by atoms with Crippen LogP contribution in [-0.4, -0.2) is 63.3 Å². The van der Waals surface area contributed by atoms with Crippen molar-refractivity contribution in [2.24, 2.45) is 10.9 Å². The van der Waals surface area contributed by atoms with Gasteiger partial charge in [-0.25, -0.2) is 0 Å². The molecule has 26 heavy (non-hydrogen) atoms. The Morgan fingerprint density at radius 1 is 1.19 bits per heavy atom. The Kier molecular flexibility index (Phi) is 9.71. The second-order valence-corrected chi connectivity index (χ2v) is 6.97. The zero-order valence-electron chi connectivity index (χ0n) is 15.8. The number of hydrogen-bond donors (Lipinski definition) is 2. The first-order valence-corrected chi connectivity index (χ1v) is 9.74. The van der Waals surface area contributed by atoms with Gasteiger partial charge in [-0.2, -0.15) is 0 Å². The number of nitrogens with zero attached hydrogens (tertiary/aromatic N) is 2. The lowest BCUT2D eigenvalue weighted by Crippen LogP contribution is -2.40. The highest BCUT2D eigenvalue weighted by molar-refractivity contribution is 14.0. The summed E-state index contributed by atoms with van der Waals surface area (Å²) in [5.41, 5.74) is 1.46. The summed E-state index contributed by atoms with van der Waals surface area (Å²) in [7, 11) is 0. The highest BCUT2D eigenvalue weighted by atomic mass is 127. The van der Waals surface area contributed by atoms with E-state index in [2.05, 4.69) is 52.8 Å². The summed E-state index contributed by atoms with van der Waals surface area (Å²) in [5.74, 6) is 2.36. The van der Waals surface area contributed by atoms with Crippen LogP contribution in [0.3, 0.4) is 0 Å². The monoisotopic (exact) mass is 472 g/mol. The average Bonchev–Trinajstić information content (AvgIpc) is 3.44. The van der Waals surface area contributed by atoms with Crippen molar-refractivity contribution in [3.8, 4) is 0 Å². The molecule has 3 rings (SSSR count). The van der Waals surface area contributed by atoms with Gasteiger partial charge in [0, 0.05) is 32.7 Å². The molecule has 0 aromatic heterocycles. The number of guanidine groups is 1. The summed E-state index contributed by atoms with van der Waals surface area (Å²) >= 11 is 0. The van der Waals surface area contributed by atoms with E-state index in [0.29, 0.717) is 11.8 Å². The molecule has 2 aliphatic rings. The van der Waals surface area contributed by atoms with Crippen LogP contribution in [0, 0.1) is 5.92 Å². The molecular formula is C20H33IN4O. The van der Waals surface area contributed by atoms with Crippen LogP contribution in [0.2, 0.25) is 0 Å². The third-order valence-electron chi connectivity index (χ3n) is 5.03. The summed E-state index contributed by atoms with van der Waals surface area (Å²) in [6.45, 7) is 9.93. The van der Waals surface area contributed by atoms with E-state index in [1.54, 1.807) is 0 Å². The second kappa shape index (κ2) is 11.8. The van der Waals surface area contributed by atoms with Crippen LogP contribution in [0.15, 0.2) is 35.3 Å². The first kappa shape index (κ1) is 21.4. The zero-order valence-corrected chi connectivity index (χ0v) is 18.2. The average molecular weight is 472 g/mol. The van der Waals surface area contributed by atoms with Crippen molar-refractivity contribution >= 4 is 29.9 Å². The quantitative estimate of drug-likeness (QED) is 0.265. The standard InChI is InChI=1S/C20H32N4O.HI/c1-2-21-20(22-9-6-10-24-11-13-25-14-12-24)23-16-18-15-19(18)17-7-4-3-5-8-17;/h3-5,7-8,18-19H,2,6,9-16H2,1H3,(H2,21,22,23);1H. The van der Waals surface area contributed by atoms with Crippen LogP contribution in [-0.2, 0) is 4.74 Å². The van der Waals surface area contributed by atoms with Gasteiger partial charge in [-0.05, 0) is 43.7 Å². The molecule has 0 bridgehead atoms. The van der Waals surface area contributed by atoms with E-state index >= 15 is 0 Å². The third-order valence-corrected chi connectivity index (χ3v) is 5.03. The lowest BCUT2D eigenvalue weighted by molar-refractivity contribution is 0.0376. The molecule has 2 unspecified atom stereocenters. The van der Waals surface area contributed by atoms with Crippen molar-refractivity contribution in [2.45, 2.75) is 25.7 Å². The number of benzene rings is 1. The van der Waals surface area contributed by atoms with E-state index < -0.39 is 0 Å². The maximum Gasteiger partial charge on any atom is 0.191 e. The normalized spacial score (nSPS) is 23.2. The second-order valence-electron chi connectivity index (χ2n) is 6.97. The summed E-state index contributed by atoms with van der Waals surface area (Å²) in [6, 6.07) is 10.8. The van der Waals surface area contributed by atoms with Crippen molar-refractivity contribution in [1.82, 2.24) is 15.5 Å². The molecule has 1 aromatic carbocycles. The van der Waals surface area contributed by atoms with Crippen molar-refractivity contribution in [1.29, 1.82) is 0 Å². The molecule has 0 amide bonds.